The number of rotatable bonds is 6. The maximum absolute atomic E-state index is 14.4. The molecule has 41 heavy (non-hydrogen) atoms. The number of esters is 1. The summed E-state index contributed by atoms with van der Waals surface area (Å²) in [5, 5.41) is 0.583. The summed E-state index contributed by atoms with van der Waals surface area (Å²) in [4.78, 5) is 43.1. The summed E-state index contributed by atoms with van der Waals surface area (Å²) in [7, 11) is 0. The number of likely N-dealkylation sites (tertiary alicyclic amines) is 1. The number of carbonyl (C=O) groups is 3. The molecule has 5 rings (SSSR count). The highest BCUT2D eigenvalue weighted by Gasteiger charge is 2.59. The van der Waals surface area contributed by atoms with Crippen LogP contribution < -0.4 is 4.74 Å². The highest BCUT2D eigenvalue weighted by atomic mass is 19.4. The Morgan fingerprint density at radius 1 is 0.976 bits per heavy atom. The lowest BCUT2D eigenvalue weighted by molar-refractivity contribution is -0.222. The quantitative estimate of drug-likeness (QED) is 0.358. The van der Waals surface area contributed by atoms with Crippen LogP contribution in [-0.2, 0) is 30.1 Å². The largest absolute Gasteiger partial charge is 0.480 e. The van der Waals surface area contributed by atoms with Crippen molar-refractivity contribution in [2.75, 3.05) is 19.6 Å². The molecule has 0 radical (unpaired) electrons. The predicted octanol–water partition coefficient (Wildman–Crippen LogP) is 4.68. The zero-order valence-electron chi connectivity index (χ0n) is 21.2. The number of amides is 1. The molecule has 3 heterocycles. The normalized spacial score (nSPS) is 22.2. The van der Waals surface area contributed by atoms with Crippen molar-refractivity contribution in [1.82, 2.24) is 9.96 Å². The fourth-order valence-electron chi connectivity index (χ4n) is 4.98. The number of halogens is 5. The van der Waals surface area contributed by atoms with Gasteiger partial charge in [-0.25, -0.2) is 23.2 Å². The van der Waals surface area contributed by atoms with Gasteiger partial charge in [-0.2, -0.15) is 13.2 Å². The average Bonchev–Trinajstić information content (AvgIpc) is 3.15. The standard InChI is InChI=1S/C27H23F5N2O7/c28-18-5-2-6-19(29)23(18)38-20(16-3-1-4-17(15-16)27(30,31)32)9-12-33-13-10-26(11-14-33)24-34(25(37)40-26)41-22(36)8-7-21(35)39-24/h1-8,15,20,24H,9-14H2/b8-7+. The van der Waals surface area contributed by atoms with Crippen LogP contribution >= 0.6 is 0 Å². The van der Waals surface area contributed by atoms with Gasteiger partial charge in [-0.05, 0) is 29.8 Å². The van der Waals surface area contributed by atoms with Gasteiger partial charge in [0.25, 0.3) is 6.23 Å². The summed E-state index contributed by atoms with van der Waals surface area (Å²) < 4.78 is 85.3. The SMILES string of the molecule is O=C1/C=C/C(=O)ON2C(=O)OC3(CCN(CCC(Oc4c(F)cccc4F)c4cccc(C(F)(F)F)c4)CC3)C2O1. The van der Waals surface area contributed by atoms with Crippen LogP contribution in [0.15, 0.2) is 54.6 Å². The molecule has 0 aliphatic carbocycles. The number of alkyl halides is 3. The fourth-order valence-corrected chi connectivity index (χ4v) is 4.98. The number of para-hydroxylation sites is 1. The Balaban J connectivity index is 1.31. The van der Waals surface area contributed by atoms with Crippen molar-refractivity contribution in [2.24, 2.45) is 0 Å². The van der Waals surface area contributed by atoms with E-state index in [9.17, 15) is 36.3 Å². The number of piperidine rings is 1. The van der Waals surface area contributed by atoms with Gasteiger partial charge in [-0.3, -0.25) is 0 Å². The first-order chi connectivity index (χ1) is 19.4. The molecule has 2 aromatic rings. The van der Waals surface area contributed by atoms with E-state index in [4.69, 9.17) is 19.0 Å². The van der Waals surface area contributed by atoms with Crippen LogP contribution in [0.4, 0.5) is 26.7 Å². The molecule has 1 spiro atoms. The van der Waals surface area contributed by atoms with Crippen LogP contribution in [0.3, 0.4) is 0 Å². The number of fused-ring (bicyclic) bond motifs is 2. The molecule has 218 valence electrons. The van der Waals surface area contributed by atoms with Gasteiger partial charge in [0.1, 0.15) is 6.10 Å². The van der Waals surface area contributed by atoms with E-state index in [0.29, 0.717) is 5.06 Å². The minimum atomic E-state index is -4.64. The molecule has 0 bridgehead atoms. The summed E-state index contributed by atoms with van der Waals surface area (Å²) in [6.07, 6.45) is -6.04. The number of nitrogens with zero attached hydrogens (tertiary/aromatic N) is 2. The summed E-state index contributed by atoms with van der Waals surface area (Å²) in [5.74, 6) is -4.53. The molecule has 2 atom stereocenters. The Bertz CT molecular complexity index is 1350. The molecule has 0 aromatic heterocycles. The third-order valence-corrected chi connectivity index (χ3v) is 7.08. The average molecular weight is 582 g/mol. The first-order valence-electron chi connectivity index (χ1n) is 12.6. The highest BCUT2D eigenvalue weighted by Crippen LogP contribution is 2.41. The molecule has 0 saturated carbocycles. The second kappa shape index (κ2) is 11.0. The van der Waals surface area contributed by atoms with Crippen molar-refractivity contribution in [2.45, 2.75) is 43.4 Å². The minimum Gasteiger partial charge on any atom is -0.480 e. The van der Waals surface area contributed by atoms with Crippen LogP contribution in [0.2, 0.25) is 0 Å². The molecule has 2 fully saturated rings. The van der Waals surface area contributed by atoms with E-state index < -0.39 is 65.1 Å². The Hall–Kier alpha value is -4.20. The number of ether oxygens (including phenoxy) is 3. The van der Waals surface area contributed by atoms with Gasteiger partial charge in [0, 0.05) is 51.0 Å². The van der Waals surface area contributed by atoms with Crippen molar-refractivity contribution in [3.05, 3.63) is 77.4 Å². The van der Waals surface area contributed by atoms with Crippen LogP contribution in [0, 0.1) is 11.6 Å². The summed E-state index contributed by atoms with van der Waals surface area (Å²) in [6, 6.07) is 7.43. The van der Waals surface area contributed by atoms with Crippen molar-refractivity contribution in [3.8, 4) is 5.75 Å². The van der Waals surface area contributed by atoms with Gasteiger partial charge < -0.3 is 23.9 Å². The summed E-state index contributed by atoms with van der Waals surface area (Å²) >= 11 is 0. The minimum absolute atomic E-state index is 0.0504. The lowest BCUT2D eigenvalue weighted by Crippen LogP contribution is -2.54. The molecule has 1 amide bonds. The van der Waals surface area contributed by atoms with Gasteiger partial charge in [-0.1, -0.05) is 23.3 Å². The molecule has 3 aliphatic rings. The van der Waals surface area contributed by atoms with E-state index >= 15 is 0 Å². The summed E-state index contributed by atoms with van der Waals surface area (Å²) in [5.41, 5.74) is -2.16. The van der Waals surface area contributed by atoms with Crippen LogP contribution in [0.5, 0.6) is 5.75 Å². The second-order valence-electron chi connectivity index (χ2n) is 9.70. The van der Waals surface area contributed by atoms with Crippen molar-refractivity contribution < 1.29 is 55.4 Å². The van der Waals surface area contributed by atoms with E-state index in [1.807, 2.05) is 4.90 Å². The molecule has 14 heteroatoms. The van der Waals surface area contributed by atoms with Gasteiger partial charge in [0.05, 0.1) is 5.56 Å². The Labute approximate surface area is 229 Å². The first-order valence-corrected chi connectivity index (χ1v) is 12.6. The zero-order chi connectivity index (χ0) is 29.4. The Kier molecular flexibility index (Phi) is 7.60. The second-order valence-corrected chi connectivity index (χ2v) is 9.70. The number of hydroxylamine groups is 2. The summed E-state index contributed by atoms with van der Waals surface area (Å²) in [6.45, 7) is 0.789. The molecule has 2 aromatic carbocycles. The molecular formula is C27H23F5N2O7. The number of carbonyl (C=O) groups excluding carboxylic acids is 3. The van der Waals surface area contributed by atoms with E-state index in [1.54, 1.807) is 0 Å². The third kappa shape index (κ3) is 5.97. The molecule has 3 aliphatic heterocycles. The van der Waals surface area contributed by atoms with Gasteiger partial charge in [0.2, 0.25) is 0 Å². The third-order valence-electron chi connectivity index (χ3n) is 7.08. The van der Waals surface area contributed by atoms with Crippen molar-refractivity contribution in [3.63, 3.8) is 0 Å². The Morgan fingerprint density at radius 2 is 1.63 bits per heavy atom. The maximum atomic E-state index is 14.4. The predicted molar refractivity (Wildman–Crippen MR) is 128 cm³/mol. The monoisotopic (exact) mass is 582 g/mol. The Morgan fingerprint density at radius 3 is 2.32 bits per heavy atom. The molecule has 2 saturated heterocycles. The number of hydrogen-bond donors (Lipinski definition) is 0. The van der Waals surface area contributed by atoms with Crippen LogP contribution in [0.1, 0.15) is 36.5 Å². The van der Waals surface area contributed by atoms with Gasteiger partial charge in [-0.15, -0.1) is 0 Å². The smallest absolute Gasteiger partial charge is 0.447 e. The maximum Gasteiger partial charge on any atom is 0.447 e. The van der Waals surface area contributed by atoms with E-state index in [2.05, 4.69) is 0 Å². The van der Waals surface area contributed by atoms with E-state index in [0.717, 1.165) is 42.5 Å². The number of hydrogen-bond acceptors (Lipinski definition) is 8. The van der Waals surface area contributed by atoms with Crippen molar-refractivity contribution >= 4 is 18.0 Å². The fraction of sp³-hybridized carbons (Fsp3) is 0.370. The molecular weight excluding hydrogens is 559 g/mol. The van der Waals surface area contributed by atoms with Crippen LogP contribution in [0.25, 0.3) is 0 Å². The van der Waals surface area contributed by atoms with Crippen LogP contribution in [-0.4, -0.2) is 59.5 Å². The molecule has 2 unspecified atom stereocenters. The van der Waals surface area contributed by atoms with E-state index in [-0.39, 0.29) is 44.5 Å². The zero-order valence-corrected chi connectivity index (χ0v) is 21.2. The lowest BCUT2D eigenvalue weighted by Gasteiger charge is -2.40. The first kappa shape index (κ1) is 28.3. The highest BCUT2D eigenvalue weighted by molar-refractivity contribution is 5.93. The van der Waals surface area contributed by atoms with Gasteiger partial charge in [0.15, 0.2) is 23.0 Å². The van der Waals surface area contributed by atoms with Crippen molar-refractivity contribution in [1.29, 1.82) is 0 Å². The van der Waals surface area contributed by atoms with Gasteiger partial charge >= 0.3 is 24.2 Å². The molecule has 0 N–H and O–H groups in total. The topological polar surface area (TPSA) is 94.6 Å². The lowest BCUT2D eigenvalue weighted by atomic mass is 9.89. The molecule has 9 nitrogen and oxygen atoms in total. The van der Waals surface area contributed by atoms with E-state index in [1.165, 1.54) is 12.1 Å². The number of benzene rings is 2.